The molecule has 2 atom stereocenters. The highest BCUT2D eigenvalue weighted by molar-refractivity contribution is 6.30. The lowest BCUT2D eigenvalue weighted by atomic mass is 9.95. The third-order valence-corrected chi connectivity index (χ3v) is 5.33. The number of benzene rings is 2. The molecule has 0 amide bonds. The first-order valence-electron chi connectivity index (χ1n) is 9.49. The number of ether oxygens (including phenoxy) is 1. The fourth-order valence-corrected chi connectivity index (χ4v) is 3.90. The quantitative estimate of drug-likeness (QED) is 0.622. The van der Waals surface area contributed by atoms with E-state index in [0.29, 0.717) is 11.4 Å². The highest BCUT2D eigenvalue weighted by atomic mass is 35.5. The van der Waals surface area contributed by atoms with Gasteiger partial charge in [-0.3, -0.25) is 4.98 Å². The Labute approximate surface area is 169 Å². The zero-order valence-corrected chi connectivity index (χ0v) is 16.2. The summed E-state index contributed by atoms with van der Waals surface area (Å²) >= 11 is 6.26. The largest absolute Gasteiger partial charge is 0.485 e. The Hall–Kier alpha value is -2.43. The van der Waals surface area contributed by atoms with E-state index >= 15 is 0 Å². The molecule has 28 heavy (non-hydrogen) atoms. The minimum absolute atomic E-state index is 0.254. The Morgan fingerprint density at radius 3 is 2.75 bits per heavy atom. The third kappa shape index (κ3) is 4.51. The summed E-state index contributed by atoms with van der Waals surface area (Å²) in [5.41, 5.74) is 2.95. The van der Waals surface area contributed by atoms with E-state index in [9.17, 15) is 4.39 Å². The van der Waals surface area contributed by atoms with E-state index in [0.717, 1.165) is 36.4 Å². The number of nitrogens with one attached hydrogen (secondary N) is 1. The van der Waals surface area contributed by atoms with Gasteiger partial charge in [0.1, 0.15) is 17.7 Å². The van der Waals surface area contributed by atoms with E-state index in [4.69, 9.17) is 16.3 Å². The molecule has 1 aromatic heterocycles. The van der Waals surface area contributed by atoms with Crippen molar-refractivity contribution in [3.63, 3.8) is 0 Å². The van der Waals surface area contributed by atoms with E-state index in [1.165, 1.54) is 17.8 Å². The molecule has 2 aromatic carbocycles. The summed E-state index contributed by atoms with van der Waals surface area (Å²) in [6.07, 6.45) is 4.33. The van der Waals surface area contributed by atoms with E-state index in [-0.39, 0.29) is 17.8 Å². The maximum absolute atomic E-state index is 13.8. The molecule has 1 aliphatic heterocycles. The van der Waals surface area contributed by atoms with Gasteiger partial charge in [0.15, 0.2) is 0 Å². The molecule has 2 unspecified atom stereocenters. The van der Waals surface area contributed by atoms with Crippen molar-refractivity contribution >= 4 is 11.6 Å². The van der Waals surface area contributed by atoms with Crippen LogP contribution in [0.1, 0.15) is 29.2 Å². The molecule has 3 aromatic rings. The predicted octanol–water partition coefficient (Wildman–Crippen LogP) is 5.19. The summed E-state index contributed by atoms with van der Waals surface area (Å²) < 4.78 is 20.3. The summed E-state index contributed by atoms with van der Waals surface area (Å²) in [7, 11) is 0. The van der Waals surface area contributed by atoms with Gasteiger partial charge in [0.2, 0.25) is 0 Å². The van der Waals surface area contributed by atoms with Crippen molar-refractivity contribution in [2.45, 2.75) is 18.9 Å². The van der Waals surface area contributed by atoms with E-state index in [2.05, 4.69) is 22.4 Å². The summed E-state index contributed by atoms with van der Waals surface area (Å²) in [5, 5.41) is 4.04. The van der Waals surface area contributed by atoms with E-state index < -0.39 is 0 Å². The first kappa shape index (κ1) is 18.9. The van der Waals surface area contributed by atoms with Crippen LogP contribution >= 0.6 is 11.6 Å². The van der Waals surface area contributed by atoms with Crippen LogP contribution in [0.4, 0.5) is 4.39 Å². The molecule has 0 bridgehead atoms. The first-order chi connectivity index (χ1) is 13.7. The van der Waals surface area contributed by atoms with Gasteiger partial charge in [0.25, 0.3) is 0 Å². The molecule has 4 rings (SSSR count). The molecule has 1 N–H and O–H groups in total. The average Bonchev–Trinajstić information content (AvgIpc) is 3.23. The van der Waals surface area contributed by atoms with Gasteiger partial charge in [-0.15, -0.1) is 0 Å². The van der Waals surface area contributed by atoms with Gasteiger partial charge in [0.05, 0.1) is 6.20 Å². The van der Waals surface area contributed by atoms with Crippen molar-refractivity contribution in [2.24, 2.45) is 5.92 Å². The monoisotopic (exact) mass is 396 g/mol. The van der Waals surface area contributed by atoms with Crippen LogP contribution in [0.25, 0.3) is 0 Å². The SMILES string of the molecule is Fc1cncc(C(Oc2ccc(Cl)cc2Cc2ccccc2)C2CCNC2)c1. The van der Waals surface area contributed by atoms with Crippen molar-refractivity contribution in [1.82, 2.24) is 10.3 Å². The van der Waals surface area contributed by atoms with Crippen LogP contribution in [-0.4, -0.2) is 18.1 Å². The lowest BCUT2D eigenvalue weighted by Crippen LogP contribution is -2.22. The van der Waals surface area contributed by atoms with Gasteiger partial charge in [-0.05, 0) is 42.8 Å². The number of rotatable bonds is 6. The normalized spacial score (nSPS) is 17.4. The van der Waals surface area contributed by atoms with E-state index in [1.54, 1.807) is 6.20 Å². The maximum Gasteiger partial charge on any atom is 0.141 e. The molecule has 2 heterocycles. The van der Waals surface area contributed by atoms with Crippen molar-refractivity contribution in [3.8, 4) is 5.75 Å². The maximum atomic E-state index is 13.8. The number of hydrogen-bond donors (Lipinski definition) is 1. The molecular formula is C23H22ClFN2O. The van der Waals surface area contributed by atoms with Crippen LogP contribution < -0.4 is 10.1 Å². The van der Waals surface area contributed by atoms with Crippen LogP contribution in [-0.2, 0) is 6.42 Å². The van der Waals surface area contributed by atoms with Crippen LogP contribution in [0.15, 0.2) is 67.0 Å². The van der Waals surface area contributed by atoms with Crippen molar-refractivity contribution < 1.29 is 9.13 Å². The lowest BCUT2D eigenvalue weighted by molar-refractivity contribution is 0.142. The fourth-order valence-electron chi connectivity index (χ4n) is 3.71. The number of nitrogens with zero attached hydrogens (tertiary/aromatic N) is 1. The van der Waals surface area contributed by atoms with Crippen molar-refractivity contribution in [1.29, 1.82) is 0 Å². The first-order valence-corrected chi connectivity index (χ1v) is 9.87. The fraction of sp³-hybridized carbons (Fsp3) is 0.261. The Bertz CT molecular complexity index is 929. The van der Waals surface area contributed by atoms with Gasteiger partial charge < -0.3 is 10.1 Å². The minimum atomic E-state index is -0.349. The molecule has 1 fully saturated rings. The zero-order chi connectivity index (χ0) is 19.3. The van der Waals surface area contributed by atoms with Crippen molar-refractivity contribution in [3.05, 3.63) is 94.5 Å². The molecule has 1 aliphatic rings. The molecule has 144 valence electrons. The van der Waals surface area contributed by atoms with Crippen LogP contribution in [0.5, 0.6) is 5.75 Å². The van der Waals surface area contributed by atoms with Crippen molar-refractivity contribution in [2.75, 3.05) is 13.1 Å². The average molecular weight is 397 g/mol. The Morgan fingerprint density at radius 1 is 1.14 bits per heavy atom. The number of aromatic nitrogens is 1. The highest BCUT2D eigenvalue weighted by Crippen LogP contribution is 2.35. The van der Waals surface area contributed by atoms with Gasteiger partial charge in [0, 0.05) is 41.2 Å². The summed E-state index contributed by atoms with van der Waals surface area (Å²) in [4.78, 5) is 4.03. The Morgan fingerprint density at radius 2 is 2.00 bits per heavy atom. The molecular weight excluding hydrogens is 375 g/mol. The Balaban J connectivity index is 1.66. The highest BCUT2D eigenvalue weighted by Gasteiger charge is 2.29. The zero-order valence-electron chi connectivity index (χ0n) is 15.4. The topological polar surface area (TPSA) is 34.1 Å². The predicted molar refractivity (Wildman–Crippen MR) is 109 cm³/mol. The molecule has 0 aliphatic carbocycles. The summed E-state index contributed by atoms with van der Waals surface area (Å²) in [5.74, 6) is 0.677. The van der Waals surface area contributed by atoms with Crippen LogP contribution in [0.3, 0.4) is 0 Å². The smallest absolute Gasteiger partial charge is 0.141 e. The number of hydrogen-bond acceptors (Lipinski definition) is 3. The Kier molecular flexibility index (Phi) is 5.89. The second-order valence-electron chi connectivity index (χ2n) is 7.14. The summed E-state index contributed by atoms with van der Waals surface area (Å²) in [6, 6.07) is 17.4. The molecule has 1 saturated heterocycles. The third-order valence-electron chi connectivity index (χ3n) is 5.10. The number of halogens is 2. The molecule has 3 nitrogen and oxygen atoms in total. The van der Waals surface area contributed by atoms with Gasteiger partial charge >= 0.3 is 0 Å². The van der Waals surface area contributed by atoms with Gasteiger partial charge in [-0.25, -0.2) is 4.39 Å². The minimum Gasteiger partial charge on any atom is -0.485 e. The summed E-state index contributed by atoms with van der Waals surface area (Å²) in [6.45, 7) is 1.77. The van der Waals surface area contributed by atoms with Gasteiger partial charge in [-0.2, -0.15) is 0 Å². The molecule has 0 spiro atoms. The van der Waals surface area contributed by atoms with Crippen LogP contribution in [0.2, 0.25) is 5.02 Å². The second-order valence-corrected chi connectivity index (χ2v) is 7.58. The standard InChI is InChI=1S/C23H22ClFN2O/c24-20-6-7-22(18(11-20)10-16-4-2-1-3-5-16)28-23(17-8-9-26-13-17)19-12-21(25)15-27-14-19/h1-7,11-12,14-15,17,23,26H,8-10,13H2. The van der Waals surface area contributed by atoms with E-state index in [1.807, 2.05) is 36.4 Å². The van der Waals surface area contributed by atoms with Crippen LogP contribution in [0, 0.1) is 11.7 Å². The number of pyridine rings is 1. The lowest BCUT2D eigenvalue weighted by Gasteiger charge is -2.26. The van der Waals surface area contributed by atoms with Gasteiger partial charge in [-0.1, -0.05) is 41.9 Å². The second kappa shape index (κ2) is 8.72. The molecule has 0 radical (unpaired) electrons. The molecule has 5 heteroatoms. The molecule has 0 saturated carbocycles.